The van der Waals surface area contributed by atoms with Crippen molar-refractivity contribution < 1.29 is 19.8 Å². The summed E-state index contributed by atoms with van der Waals surface area (Å²) in [4.78, 5) is 22.7. The summed E-state index contributed by atoms with van der Waals surface area (Å²) in [6, 6.07) is 12.6. The minimum absolute atomic E-state index is 0.00892. The lowest BCUT2D eigenvalue weighted by Crippen LogP contribution is -2.26. The molecule has 2 unspecified atom stereocenters. The van der Waals surface area contributed by atoms with Crippen molar-refractivity contribution >= 4 is 11.9 Å². The maximum Gasteiger partial charge on any atom is 0.335 e. The molecule has 24 heavy (non-hydrogen) atoms. The number of hydrogen-bond donors (Lipinski definition) is 2. The Labute approximate surface area is 140 Å². The SMILES string of the molecule is CC1C(C(=O)O)c2cc(-c3ccc(C(=O)O)cc3)ccc2C1(C)C. The van der Waals surface area contributed by atoms with Crippen molar-refractivity contribution in [1.82, 2.24) is 0 Å². The van der Waals surface area contributed by atoms with Crippen molar-refractivity contribution in [2.45, 2.75) is 32.1 Å². The summed E-state index contributed by atoms with van der Waals surface area (Å²) in [6.45, 7) is 6.15. The standard InChI is InChI=1S/C20H20O4/c1-11-17(19(23)24)15-10-14(8-9-16(15)20(11,2)3)12-4-6-13(7-5-12)18(21)22/h4-11,17H,1-3H3,(H,21,22)(H,23,24). The first-order chi connectivity index (χ1) is 11.2. The summed E-state index contributed by atoms with van der Waals surface area (Å²) in [6.07, 6.45) is 0. The summed E-state index contributed by atoms with van der Waals surface area (Å²) in [5, 5.41) is 18.6. The maximum absolute atomic E-state index is 11.8. The van der Waals surface area contributed by atoms with E-state index in [-0.39, 0.29) is 16.9 Å². The molecule has 0 amide bonds. The van der Waals surface area contributed by atoms with Crippen LogP contribution in [0.3, 0.4) is 0 Å². The smallest absolute Gasteiger partial charge is 0.335 e. The van der Waals surface area contributed by atoms with Crippen LogP contribution in [0.15, 0.2) is 42.5 Å². The molecule has 2 N–H and O–H groups in total. The van der Waals surface area contributed by atoms with Crippen molar-refractivity contribution in [2.24, 2.45) is 5.92 Å². The average Bonchev–Trinajstić information content (AvgIpc) is 2.74. The van der Waals surface area contributed by atoms with Gasteiger partial charge in [-0.15, -0.1) is 0 Å². The van der Waals surface area contributed by atoms with Gasteiger partial charge in [-0.25, -0.2) is 4.79 Å². The van der Waals surface area contributed by atoms with Gasteiger partial charge in [0.05, 0.1) is 11.5 Å². The first-order valence-corrected chi connectivity index (χ1v) is 7.94. The molecule has 3 rings (SSSR count). The number of hydrogen-bond acceptors (Lipinski definition) is 2. The molecule has 2 aromatic rings. The van der Waals surface area contributed by atoms with Crippen LogP contribution in [0.25, 0.3) is 11.1 Å². The zero-order valence-corrected chi connectivity index (χ0v) is 13.9. The molecule has 1 aliphatic rings. The van der Waals surface area contributed by atoms with Crippen LogP contribution in [0.4, 0.5) is 0 Å². The molecule has 4 heteroatoms. The molecule has 0 bridgehead atoms. The molecule has 0 spiro atoms. The van der Waals surface area contributed by atoms with Crippen LogP contribution in [0, 0.1) is 5.92 Å². The molecular formula is C20H20O4. The quantitative estimate of drug-likeness (QED) is 0.889. The fraction of sp³-hybridized carbons (Fsp3) is 0.300. The summed E-state index contributed by atoms with van der Waals surface area (Å²) in [5.41, 5.74) is 3.77. The topological polar surface area (TPSA) is 74.6 Å². The van der Waals surface area contributed by atoms with E-state index in [2.05, 4.69) is 13.8 Å². The molecule has 0 radical (unpaired) electrons. The van der Waals surface area contributed by atoms with Crippen molar-refractivity contribution in [3.63, 3.8) is 0 Å². The van der Waals surface area contributed by atoms with Crippen LogP contribution < -0.4 is 0 Å². The van der Waals surface area contributed by atoms with Crippen molar-refractivity contribution in [3.05, 3.63) is 59.2 Å². The van der Waals surface area contributed by atoms with E-state index in [0.717, 1.165) is 22.3 Å². The number of fused-ring (bicyclic) bond motifs is 1. The second kappa shape index (κ2) is 5.48. The summed E-state index contributed by atoms with van der Waals surface area (Å²) < 4.78 is 0. The molecule has 0 aromatic heterocycles. The fourth-order valence-electron chi connectivity index (χ4n) is 3.67. The van der Waals surface area contributed by atoms with Crippen LogP contribution in [-0.4, -0.2) is 22.2 Å². The Balaban J connectivity index is 2.08. The van der Waals surface area contributed by atoms with Crippen molar-refractivity contribution in [2.75, 3.05) is 0 Å². The molecule has 0 fully saturated rings. The third-order valence-electron chi connectivity index (χ3n) is 5.45. The normalized spacial score (nSPS) is 21.3. The van der Waals surface area contributed by atoms with Gasteiger partial charge in [0.15, 0.2) is 0 Å². The zero-order valence-electron chi connectivity index (χ0n) is 13.9. The third-order valence-corrected chi connectivity index (χ3v) is 5.45. The lowest BCUT2D eigenvalue weighted by Gasteiger charge is -2.26. The van der Waals surface area contributed by atoms with Gasteiger partial charge in [0.1, 0.15) is 0 Å². The van der Waals surface area contributed by atoms with Gasteiger partial charge in [0, 0.05) is 0 Å². The minimum atomic E-state index is -0.961. The number of carboxylic acid groups (broad SMARTS) is 2. The third kappa shape index (κ3) is 2.39. The molecule has 124 valence electrons. The average molecular weight is 324 g/mol. The highest BCUT2D eigenvalue weighted by atomic mass is 16.4. The van der Waals surface area contributed by atoms with Gasteiger partial charge in [-0.1, -0.05) is 45.0 Å². The van der Waals surface area contributed by atoms with Gasteiger partial charge in [0.25, 0.3) is 0 Å². The largest absolute Gasteiger partial charge is 0.481 e. The Morgan fingerprint density at radius 3 is 2.08 bits per heavy atom. The van der Waals surface area contributed by atoms with Crippen LogP contribution >= 0.6 is 0 Å². The first-order valence-electron chi connectivity index (χ1n) is 7.94. The van der Waals surface area contributed by atoms with Crippen LogP contribution in [0.2, 0.25) is 0 Å². The number of carboxylic acids is 2. The van der Waals surface area contributed by atoms with Crippen molar-refractivity contribution in [3.8, 4) is 11.1 Å². The molecule has 1 aliphatic carbocycles. The predicted octanol–water partition coefficient (Wildman–Crippen LogP) is 4.15. The van der Waals surface area contributed by atoms with E-state index in [9.17, 15) is 14.7 Å². The van der Waals surface area contributed by atoms with Crippen LogP contribution in [-0.2, 0) is 10.2 Å². The molecule has 0 saturated heterocycles. The number of carbonyl (C=O) groups is 2. The Morgan fingerprint density at radius 2 is 1.54 bits per heavy atom. The predicted molar refractivity (Wildman–Crippen MR) is 91.4 cm³/mol. The molecule has 2 atom stereocenters. The number of aromatic carboxylic acids is 1. The van der Waals surface area contributed by atoms with E-state index in [1.165, 1.54) is 0 Å². The Hall–Kier alpha value is -2.62. The van der Waals surface area contributed by atoms with Crippen molar-refractivity contribution in [1.29, 1.82) is 0 Å². The highest BCUT2D eigenvalue weighted by Gasteiger charge is 2.46. The Bertz CT molecular complexity index is 818. The molecule has 4 nitrogen and oxygen atoms in total. The number of rotatable bonds is 3. The summed E-state index contributed by atoms with van der Waals surface area (Å²) in [5.74, 6) is -2.27. The second-order valence-electron chi connectivity index (χ2n) is 7.01. The van der Waals surface area contributed by atoms with Crippen LogP contribution in [0.5, 0.6) is 0 Å². The van der Waals surface area contributed by atoms with Gasteiger partial charge in [-0.05, 0) is 51.8 Å². The van der Waals surface area contributed by atoms with Gasteiger partial charge in [0.2, 0.25) is 0 Å². The zero-order chi connectivity index (χ0) is 17.6. The first kappa shape index (κ1) is 16.2. The van der Waals surface area contributed by atoms with E-state index in [4.69, 9.17) is 5.11 Å². The lowest BCUT2D eigenvalue weighted by molar-refractivity contribution is -0.140. The molecule has 0 saturated carbocycles. The van der Waals surface area contributed by atoms with Gasteiger partial charge in [-0.2, -0.15) is 0 Å². The monoisotopic (exact) mass is 324 g/mol. The number of aliphatic carboxylic acids is 1. The summed E-state index contributed by atoms with van der Waals surface area (Å²) in [7, 11) is 0. The number of benzene rings is 2. The van der Waals surface area contributed by atoms with Gasteiger partial charge < -0.3 is 10.2 Å². The highest BCUT2D eigenvalue weighted by Crippen LogP contribution is 2.51. The lowest BCUT2D eigenvalue weighted by atomic mass is 9.77. The van der Waals surface area contributed by atoms with E-state index in [1.807, 2.05) is 25.1 Å². The molecule has 0 heterocycles. The van der Waals surface area contributed by atoms with E-state index >= 15 is 0 Å². The Morgan fingerprint density at radius 1 is 0.958 bits per heavy atom. The molecule has 2 aromatic carbocycles. The highest BCUT2D eigenvalue weighted by molar-refractivity contribution is 5.88. The Kier molecular flexibility index (Phi) is 3.71. The van der Waals surface area contributed by atoms with E-state index in [1.54, 1.807) is 24.3 Å². The van der Waals surface area contributed by atoms with Crippen LogP contribution in [0.1, 0.15) is 48.2 Å². The summed E-state index contributed by atoms with van der Waals surface area (Å²) >= 11 is 0. The molecule has 0 aliphatic heterocycles. The molecular weight excluding hydrogens is 304 g/mol. The van der Waals surface area contributed by atoms with E-state index in [0.29, 0.717) is 0 Å². The van der Waals surface area contributed by atoms with Gasteiger partial charge in [-0.3, -0.25) is 4.79 Å². The maximum atomic E-state index is 11.8. The second-order valence-corrected chi connectivity index (χ2v) is 7.01. The van der Waals surface area contributed by atoms with Gasteiger partial charge >= 0.3 is 11.9 Å². The van der Waals surface area contributed by atoms with E-state index < -0.39 is 17.9 Å². The fourth-order valence-corrected chi connectivity index (χ4v) is 3.67. The minimum Gasteiger partial charge on any atom is -0.481 e.